The maximum atomic E-state index is 3.82. The number of hydrogen-bond donors (Lipinski definition) is 1. The summed E-state index contributed by atoms with van der Waals surface area (Å²) < 4.78 is 0. The quantitative estimate of drug-likeness (QED) is 0.748. The van der Waals surface area contributed by atoms with Gasteiger partial charge < -0.3 is 10.2 Å². The van der Waals surface area contributed by atoms with E-state index < -0.39 is 0 Å². The Morgan fingerprint density at radius 3 is 2.06 bits per heavy atom. The van der Waals surface area contributed by atoms with E-state index in [1.54, 1.807) is 0 Å². The molecular weight excluding hydrogens is 220 g/mol. The van der Waals surface area contributed by atoms with Crippen molar-refractivity contribution in [2.75, 3.05) is 19.6 Å². The van der Waals surface area contributed by atoms with Gasteiger partial charge in [-0.05, 0) is 57.5 Å². The summed E-state index contributed by atoms with van der Waals surface area (Å²) in [6, 6.07) is 1.45. The minimum atomic E-state index is 0.689. The van der Waals surface area contributed by atoms with E-state index >= 15 is 0 Å². The average molecular weight is 254 g/mol. The van der Waals surface area contributed by atoms with Crippen molar-refractivity contribution < 1.29 is 0 Å². The van der Waals surface area contributed by atoms with Crippen LogP contribution in [0.5, 0.6) is 0 Å². The van der Waals surface area contributed by atoms with Crippen LogP contribution in [0.15, 0.2) is 0 Å². The second-order valence-electron chi connectivity index (χ2n) is 7.01. The standard InChI is InChI=1S/C16H34N2/c1-13(2)6-7-15(5)17-16-8-10-18(11-9-16)12-14(3)4/h13-17H,6-12H2,1-5H3. The second kappa shape index (κ2) is 8.16. The average Bonchev–Trinajstić information content (AvgIpc) is 2.28. The molecule has 1 aliphatic heterocycles. The zero-order valence-electron chi connectivity index (χ0n) is 13.2. The summed E-state index contributed by atoms with van der Waals surface area (Å²) in [5, 5.41) is 3.82. The van der Waals surface area contributed by atoms with E-state index in [1.807, 2.05) is 0 Å². The van der Waals surface area contributed by atoms with E-state index in [0.29, 0.717) is 6.04 Å². The second-order valence-corrected chi connectivity index (χ2v) is 7.01. The maximum absolute atomic E-state index is 3.82. The summed E-state index contributed by atoms with van der Waals surface area (Å²) in [7, 11) is 0. The Labute approximate surface area is 115 Å². The van der Waals surface area contributed by atoms with Crippen molar-refractivity contribution in [3.05, 3.63) is 0 Å². The molecule has 2 nitrogen and oxygen atoms in total. The molecular formula is C16H34N2. The molecule has 0 radical (unpaired) electrons. The van der Waals surface area contributed by atoms with Gasteiger partial charge >= 0.3 is 0 Å². The molecule has 2 heteroatoms. The van der Waals surface area contributed by atoms with Crippen LogP contribution in [-0.2, 0) is 0 Å². The molecule has 1 fully saturated rings. The van der Waals surface area contributed by atoms with Gasteiger partial charge in [-0.25, -0.2) is 0 Å². The Morgan fingerprint density at radius 2 is 1.56 bits per heavy atom. The molecule has 0 aliphatic carbocycles. The predicted molar refractivity (Wildman–Crippen MR) is 81.0 cm³/mol. The van der Waals surface area contributed by atoms with Crippen molar-refractivity contribution in [3.8, 4) is 0 Å². The van der Waals surface area contributed by atoms with Gasteiger partial charge in [0.2, 0.25) is 0 Å². The molecule has 0 saturated carbocycles. The minimum absolute atomic E-state index is 0.689. The van der Waals surface area contributed by atoms with Crippen LogP contribution in [0.25, 0.3) is 0 Å². The normalized spacial score (nSPS) is 20.8. The lowest BCUT2D eigenvalue weighted by Crippen LogP contribution is -2.46. The summed E-state index contributed by atoms with van der Waals surface area (Å²) in [5.41, 5.74) is 0. The number of nitrogens with zero attached hydrogens (tertiary/aromatic N) is 1. The molecule has 0 amide bonds. The first-order valence-electron chi connectivity index (χ1n) is 7.95. The van der Waals surface area contributed by atoms with Crippen LogP contribution in [0.1, 0.15) is 60.3 Å². The number of likely N-dealkylation sites (tertiary alicyclic amines) is 1. The lowest BCUT2D eigenvalue weighted by Gasteiger charge is -2.34. The zero-order valence-corrected chi connectivity index (χ0v) is 13.2. The molecule has 18 heavy (non-hydrogen) atoms. The topological polar surface area (TPSA) is 15.3 Å². The Morgan fingerprint density at radius 1 is 0.944 bits per heavy atom. The van der Waals surface area contributed by atoms with E-state index in [2.05, 4.69) is 44.8 Å². The minimum Gasteiger partial charge on any atom is -0.311 e. The summed E-state index contributed by atoms with van der Waals surface area (Å²) in [6.07, 6.45) is 5.34. The number of rotatable bonds is 7. The molecule has 0 spiro atoms. The van der Waals surface area contributed by atoms with Crippen molar-refractivity contribution in [2.24, 2.45) is 11.8 Å². The molecule has 0 aromatic carbocycles. The van der Waals surface area contributed by atoms with Gasteiger partial charge in [0.15, 0.2) is 0 Å². The largest absolute Gasteiger partial charge is 0.311 e. The van der Waals surface area contributed by atoms with Gasteiger partial charge in [0.1, 0.15) is 0 Å². The fourth-order valence-corrected chi connectivity index (χ4v) is 2.87. The SMILES string of the molecule is CC(C)CCC(C)NC1CCN(CC(C)C)CC1. The Bertz CT molecular complexity index is 205. The molecule has 1 N–H and O–H groups in total. The highest BCUT2D eigenvalue weighted by Gasteiger charge is 2.20. The van der Waals surface area contributed by atoms with Gasteiger partial charge in [-0.15, -0.1) is 0 Å². The van der Waals surface area contributed by atoms with Crippen LogP contribution >= 0.6 is 0 Å². The van der Waals surface area contributed by atoms with Gasteiger partial charge in [-0.2, -0.15) is 0 Å². The van der Waals surface area contributed by atoms with Crippen molar-refractivity contribution in [3.63, 3.8) is 0 Å². The smallest absolute Gasteiger partial charge is 0.00938 e. The van der Waals surface area contributed by atoms with Crippen LogP contribution in [0.2, 0.25) is 0 Å². The van der Waals surface area contributed by atoms with E-state index in [0.717, 1.165) is 17.9 Å². The number of nitrogens with one attached hydrogen (secondary N) is 1. The first-order valence-corrected chi connectivity index (χ1v) is 7.95. The highest BCUT2D eigenvalue weighted by molar-refractivity contribution is 4.79. The van der Waals surface area contributed by atoms with Crippen LogP contribution in [-0.4, -0.2) is 36.6 Å². The monoisotopic (exact) mass is 254 g/mol. The number of hydrogen-bond acceptors (Lipinski definition) is 2. The predicted octanol–water partition coefficient (Wildman–Crippen LogP) is 3.52. The first-order chi connectivity index (χ1) is 8.47. The fraction of sp³-hybridized carbons (Fsp3) is 1.00. The van der Waals surface area contributed by atoms with Crippen molar-refractivity contribution in [1.29, 1.82) is 0 Å². The van der Waals surface area contributed by atoms with Crippen molar-refractivity contribution >= 4 is 0 Å². The third kappa shape index (κ3) is 6.75. The van der Waals surface area contributed by atoms with Gasteiger partial charge in [-0.3, -0.25) is 0 Å². The van der Waals surface area contributed by atoms with E-state index in [1.165, 1.54) is 45.3 Å². The molecule has 1 heterocycles. The molecule has 1 rings (SSSR count). The van der Waals surface area contributed by atoms with Crippen LogP contribution in [0.3, 0.4) is 0 Å². The van der Waals surface area contributed by atoms with Gasteiger partial charge in [0.05, 0.1) is 0 Å². The maximum Gasteiger partial charge on any atom is 0.00938 e. The zero-order chi connectivity index (χ0) is 13.5. The Kier molecular flexibility index (Phi) is 7.25. The molecule has 1 atom stereocenters. The molecule has 1 unspecified atom stereocenters. The highest BCUT2D eigenvalue weighted by Crippen LogP contribution is 2.14. The molecule has 1 aliphatic rings. The lowest BCUT2D eigenvalue weighted by molar-refractivity contribution is 0.174. The number of piperidine rings is 1. The van der Waals surface area contributed by atoms with Crippen molar-refractivity contribution in [2.45, 2.75) is 72.4 Å². The Balaban J connectivity index is 2.14. The molecule has 108 valence electrons. The molecule has 0 bridgehead atoms. The van der Waals surface area contributed by atoms with E-state index in [9.17, 15) is 0 Å². The molecule has 1 saturated heterocycles. The summed E-state index contributed by atoms with van der Waals surface area (Å²) in [6.45, 7) is 15.5. The van der Waals surface area contributed by atoms with Gasteiger partial charge in [-0.1, -0.05) is 27.7 Å². The van der Waals surface area contributed by atoms with Gasteiger partial charge in [0, 0.05) is 18.6 Å². The molecule has 0 aromatic heterocycles. The molecule has 0 aromatic rings. The summed E-state index contributed by atoms with van der Waals surface area (Å²) in [5.74, 6) is 1.64. The van der Waals surface area contributed by atoms with Gasteiger partial charge in [0.25, 0.3) is 0 Å². The first kappa shape index (κ1) is 16.0. The summed E-state index contributed by atoms with van der Waals surface area (Å²) >= 11 is 0. The van der Waals surface area contributed by atoms with E-state index in [4.69, 9.17) is 0 Å². The lowest BCUT2D eigenvalue weighted by atomic mass is 10.00. The third-order valence-corrected chi connectivity index (χ3v) is 3.91. The van der Waals surface area contributed by atoms with Crippen LogP contribution < -0.4 is 5.32 Å². The Hall–Kier alpha value is -0.0800. The van der Waals surface area contributed by atoms with Crippen LogP contribution in [0.4, 0.5) is 0 Å². The fourth-order valence-electron chi connectivity index (χ4n) is 2.87. The van der Waals surface area contributed by atoms with Crippen LogP contribution in [0, 0.1) is 11.8 Å². The van der Waals surface area contributed by atoms with Crippen molar-refractivity contribution in [1.82, 2.24) is 10.2 Å². The van der Waals surface area contributed by atoms with E-state index in [-0.39, 0.29) is 0 Å². The third-order valence-electron chi connectivity index (χ3n) is 3.91. The summed E-state index contributed by atoms with van der Waals surface area (Å²) in [4.78, 5) is 2.63. The highest BCUT2D eigenvalue weighted by atomic mass is 15.1.